The maximum absolute atomic E-state index is 12.4. The van der Waals surface area contributed by atoms with Gasteiger partial charge in [-0.1, -0.05) is 0 Å². The van der Waals surface area contributed by atoms with Crippen LogP contribution in [0.5, 0.6) is 0 Å². The van der Waals surface area contributed by atoms with Gasteiger partial charge in [-0.15, -0.1) is 0 Å². The first-order valence-corrected chi connectivity index (χ1v) is 9.57. The normalized spacial score (nSPS) is 24.2. The molecule has 1 N–H and O–H groups in total. The lowest BCUT2D eigenvalue weighted by atomic mass is 10.1. The van der Waals surface area contributed by atoms with E-state index >= 15 is 0 Å². The van der Waals surface area contributed by atoms with E-state index in [2.05, 4.69) is 4.90 Å². The van der Waals surface area contributed by atoms with Crippen LogP contribution in [0.25, 0.3) is 0 Å². The number of carbonyl (C=O) groups excluding carboxylic acids is 2. The molecule has 0 aromatic carbocycles. The van der Waals surface area contributed by atoms with Crippen LogP contribution in [-0.4, -0.2) is 97.1 Å². The van der Waals surface area contributed by atoms with E-state index in [9.17, 15) is 9.59 Å². The number of nitrogens with zero attached hydrogens (tertiary/aromatic N) is 3. The molecule has 3 heterocycles. The summed E-state index contributed by atoms with van der Waals surface area (Å²) in [5.41, 5.74) is 0. The summed E-state index contributed by atoms with van der Waals surface area (Å²) in [7, 11) is 0. The molecule has 1 unspecified atom stereocenters. The van der Waals surface area contributed by atoms with Gasteiger partial charge in [0, 0.05) is 58.7 Å². The van der Waals surface area contributed by atoms with Crippen LogP contribution in [0.2, 0.25) is 0 Å². The molecule has 26 heavy (non-hydrogen) atoms. The molecule has 0 bridgehead atoms. The third kappa shape index (κ3) is 6.57. The maximum Gasteiger partial charge on any atom is 0.290 e. The van der Waals surface area contributed by atoms with Gasteiger partial charge in [0.05, 0.1) is 6.61 Å². The summed E-state index contributed by atoms with van der Waals surface area (Å²) in [4.78, 5) is 38.7. The summed E-state index contributed by atoms with van der Waals surface area (Å²) in [5.74, 6) is 1.08. The van der Waals surface area contributed by atoms with Gasteiger partial charge in [0.1, 0.15) is 0 Å². The highest BCUT2D eigenvalue weighted by molar-refractivity contribution is 5.80. The van der Waals surface area contributed by atoms with Crippen molar-refractivity contribution in [3.8, 4) is 0 Å². The van der Waals surface area contributed by atoms with E-state index in [1.54, 1.807) is 0 Å². The highest BCUT2D eigenvalue weighted by Gasteiger charge is 2.25. The topological polar surface area (TPSA) is 90.4 Å². The number of ether oxygens (including phenoxy) is 1. The number of hydrogen-bond donors (Lipinski definition) is 1. The van der Waals surface area contributed by atoms with Gasteiger partial charge in [-0.2, -0.15) is 0 Å². The highest BCUT2D eigenvalue weighted by atomic mass is 16.5. The summed E-state index contributed by atoms with van der Waals surface area (Å²) >= 11 is 0. The number of rotatable bonds is 5. The molecule has 3 aliphatic heterocycles. The Morgan fingerprint density at radius 2 is 2.00 bits per heavy atom. The second kappa shape index (κ2) is 11.1. The number of likely N-dealkylation sites (tertiary alicyclic amines) is 1. The monoisotopic (exact) mass is 369 g/mol. The Balaban J connectivity index is 0.000000758. The summed E-state index contributed by atoms with van der Waals surface area (Å²) in [5, 5.41) is 6.89. The molecule has 3 saturated heterocycles. The highest BCUT2D eigenvalue weighted by Crippen LogP contribution is 2.16. The van der Waals surface area contributed by atoms with Crippen molar-refractivity contribution in [1.29, 1.82) is 0 Å². The van der Waals surface area contributed by atoms with E-state index in [0.29, 0.717) is 25.3 Å². The van der Waals surface area contributed by atoms with Crippen molar-refractivity contribution >= 4 is 18.3 Å². The van der Waals surface area contributed by atoms with Crippen molar-refractivity contribution in [1.82, 2.24) is 14.7 Å². The molecule has 0 saturated carbocycles. The van der Waals surface area contributed by atoms with Crippen molar-refractivity contribution in [2.75, 3.05) is 59.0 Å². The summed E-state index contributed by atoms with van der Waals surface area (Å²) in [6.07, 6.45) is 4.28. The van der Waals surface area contributed by atoms with Gasteiger partial charge in [-0.25, -0.2) is 0 Å². The van der Waals surface area contributed by atoms with E-state index in [0.717, 1.165) is 65.3 Å². The minimum atomic E-state index is -0.250. The van der Waals surface area contributed by atoms with E-state index in [-0.39, 0.29) is 18.3 Å². The van der Waals surface area contributed by atoms with Crippen molar-refractivity contribution in [2.45, 2.75) is 32.1 Å². The van der Waals surface area contributed by atoms with Crippen LogP contribution in [-0.2, 0) is 19.1 Å². The lowest BCUT2D eigenvalue weighted by Crippen LogP contribution is -2.38. The van der Waals surface area contributed by atoms with E-state index in [1.807, 2.05) is 9.80 Å². The third-order valence-corrected chi connectivity index (χ3v) is 5.25. The predicted octanol–water partition coefficient (Wildman–Crippen LogP) is 0.271. The van der Waals surface area contributed by atoms with Crippen molar-refractivity contribution in [3.63, 3.8) is 0 Å². The Labute approximate surface area is 155 Å². The Bertz CT molecular complexity index is 468. The first kappa shape index (κ1) is 20.6. The van der Waals surface area contributed by atoms with E-state index < -0.39 is 0 Å². The molecule has 148 valence electrons. The number of hydrogen-bond acceptors (Lipinski definition) is 5. The number of carbonyl (C=O) groups is 3. The SMILES string of the molecule is O=C1CCCN1CCC(=O)N1CCCN(CC2CCOC2)CC1.O=CO. The maximum atomic E-state index is 12.4. The van der Waals surface area contributed by atoms with Gasteiger partial charge in [-0.05, 0) is 31.7 Å². The second-order valence-electron chi connectivity index (χ2n) is 7.10. The molecule has 0 radical (unpaired) electrons. The fraction of sp³-hybridized carbons (Fsp3) is 0.833. The zero-order valence-corrected chi connectivity index (χ0v) is 15.5. The molecule has 0 spiro atoms. The quantitative estimate of drug-likeness (QED) is 0.700. The molecule has 8 heteroatoms. The summed E-state index contributed by atoms with van der Waals surface area (Å²) in [6, 6.07) is 0. The number of carboxylic acid groups (broad SMARTS) is 1. The molecule has 8 nitrogen and oxygen atoms in total. The van der Waals surface area contributed by atoms with Gasteiger partial charge in [0.2, 0.25) is 11.8 Å². The van der Waals surface area contributed by atoms with E-state index in [1.165, 1.54) is 6.42 Å². The zero-order valence-electron chi connectivity index (χ0n) is 15.5. The van der Waals surface area contributed by atoms with Crippen LogP contribution in [0.1, 0.15) is 32.1 Å². The molecule has 3 fully saturated rings. The first-order valence-electron chi connectivity index (χ1n) is 9.57. The van der Waals surface area contributed by atoms with Gasteiger partial charge in [0.15, 0.2) is 0 Å². The minimum absolute atomic E-state index is 0.204. The molecule has 1 atom stereocenters. The van der Waals surface area contributed by atoms with Gasteiger partial charge < -0.3 is 24.5 Å². The molecule has 2 amide bonds. The standard InChI is InChI=1S/C17H29N3O3.CH2O2/c21-16-3-1-7-19(16)9-4-17(22)20-8-2-6-18(10-11-20)13-15-5-12-23-14-15;2-1-3/h15H,1-14H2;1H,(H,2,3). The van der Waals surface area contributed by atoms with Crippen LogP contribution in [0.15, 0.2) is 0 Å². The predicted molar refractivity (Wildman–Crippen MR) is 95.7 cm³/mol. The van der Waals surface area contributed by atoms with Gasteiger partial charge in [-0.3, -0.25) is 14.4 Å². The third-order valence-electron chi connectivity index (χ3n) is 5.25. The molecule has 3 aliphatic rings. The smallest absolute Gasteiger partial charge is 0.290 e. The summed E-state index contributed by atoms with van der Waals surface area (Å²) < 4.78 is 5.46. The fourth-order valence-electron chi connectivity index (χ4n) is 3.82. The largest absolute Gasteiger partial charge is 0.483 e. The molecule has 0 aliphatic carbocycles. The van der Waals surface area contributed by atoms with Crippen LogP contribution < -0.4 is 0 Å². The lowest BCUT2D eigenvalue weighted by Gasteiger charge is -2.24. The van der Waals surface area contributed by atoms with Crippen molar-refractivity contribution in [2.24, 2.45) is 5.92 Å². The lowest BCUT2D eigenvalue weighted by molar-refractivity contribution is -0.133. The minimum Gasteiger partial charge on any atom is -0.483 e. The van der Waals surface area contributed by atoms with Gasteiger partial charge >= 0.3 is 0 Å². The van der Waals surface area contributed by atoms with Crippen LogP contribution >= 0.6 is 0 Å². The van der Waals surface area contributed by atoms with Crippen LogP contribution in [0, 0.1) is 5.92 Å². The van der Waals surface area contributed by atoms with Gasteiger partial charge in [0.25, 0.3) is 6.47 Å². The average molecular weight is 369 g/mol. The van der Waals surface area contributed by atoms with E-state index in [4.69, 9.17) is 14.6 Å². The Hall–Kier alpha value is -1.67. The molecular formula is C18H31N3O5. The average Bonchev–Trinajstić information content (AvgIpc) is 3.21. The van der Waals surface area contributed by atoms with Crippen LogP contribution in [0.4, 0.5) is 0 Å². The number of amides is 2. The Kier molecular flexibility index (Phi) is 8.84. The zero-order chi connectivity index (χ0) is 18.8. The molecular weight excluding hydrogens is 338 g/mol. The molecule has 0 aromatic heterocycles. The summed E-state index contributed by atoms with van der Waals surface area (Å²) in [6.45, 7) is 7.77. The van der Waals surface area contributed by atoms with Crippen molar-refractivity contribution in [3.05, 3.63) is 0 Å². The fourth-order valence-corrected chi connectivity index (χ4v) is 3.82. The van der Waals surface area contributed by atoms with Crippen LogP contribution in [0.3, 0.4) is 0 Å². The second-order valence-corrected chi connectivity index (χ2v) is 7.10. The first-order chi connectivity index (χ1) is 12.6. The molecule has 0 aromatic rings. The Morgan fingerprint density at radius 3 is 2.65 bits per heavy atom. The van der Waals surface area contributed by atoms with Crippen molar-refractivity contribution < 1.29 is 24.2 Å². The Morgan fingerprint density at radius 1 is 1.19 bits per heavy atom. The molecule has 3 rings (SSSR count).